The fourth-order valence-electron chi connectivity index (χ4n) is 0.567. The molecule has 0 aliphatic heterocycles. The first-order valence-corrected chi connectivity index (χ1v) is 4.72. The topological polar surface area (TPSA) is 103 Å². The summed E-state index contributed by atoms with van der Waals surface area (Å²) in [6, 6.07) is -0.765. The molecular weight excluding hydrogens is 192 g/mol. The zero-order valence-electron chi connectivity index (χ0n) is 7.01. The van der Waals surface area contributed by atoms with E-state index in [1.807, 2.05) is 0 Å². The molecule has 0 aromatic heterocycles. The number of hydrogen-bond acceptors (Lipinski definition) is 5. The van der Waals surface area contributed by atoms with E-state index in [9.17, 15) is 14.4 Å². The highest BCUT2D eigenvalue weighted by atomic mass is 32.2. The quantitative estimate of drug-likeness (QED) is 0.501. The molecule has 4 N–H and O–H groups in total. The van der Waals surface area contributed by atoms with Gasteiger partial charge in [-0.3, -0.25) is 4.79 Å². The normalized spacial score (nSPS) is 14.5. The molecule has 0 radical (unpaired) electrons. The second-order valence-electron chi connectivity index (χ2n) is 2.42. The minimum Gasteiger partial charge on any atom is -0.368 e. The summed E-state index contributed by atoms with van der Waals surface area (Å²) in [4.78, 5) is 30.9. The van der Waals surface area contributed by atoms with Gasteiger partial charge in [0.15, 0.2) is 0 Å². The molecule has 0 aromatic rings. The molecule has 1 unspecified atom stereocenters. The van der Waals surface area contributed by atoms with Gasteiger partial charge in [0, 0.05) is 12.2 Å². The number of aldehydes is 2. The number of thioether (sulfide) groups is 1. The van der Waals surface area contributed by atoms with Crippen molar-refractivity contribution in [3.05, 3.63) is 0 Å². The van der Waals surface area contributed by atoms with Gasteiger partial charge in [-0.25, -0.2) is 0 Å². The van der Waals surface area contributed by atoms with E-state index in [-0.39, 0.29) is 12.2 Å². The molecule has 13 heavy (non-hydrogen) atoms. The van der Waals surface area contributed by atoms with Crippen LogP contribution in [0.25, 0.3) is 0 Å². The van der Waals surface area contributed by atoms with Crippen molar-refractivity contribution < 1.29 is 14.4 Å². The average Bonchev–Trinajstić information content (AvgIpc) is 2.11. The Hall–Kier alpha value is -0.880. The summed E-state index contributed by atoms with van der Waals surface area (Å²) in [7, 11) is 0. The maximum Gasteiger partial charge on any atom is 0.235 e. The smallest absolute Gasteiger partial charge is 0.235 e. The van der Waals surface area contributed by atoms with Crippen LogP contribution < -0.4 is 11.5 Å². The fraction of sp³-hybridized carbons (Fsp3) is 0.571. The van der Waals surface area contributed by atoms with Crippen molar-refractivity contribution >= 4 is 30.2 Å². The van der Waals surface area contributed by atoms with Crippen LogP contribution in [-0.2, 0) is 14.4 Å². The summed E-state index contributed by atoms with van der Waals surface area (Å²) in [5.74, 6) is -0.352. The molecule has 1 amide bonds. The van der Waals surface area contributed by atoms with Gasteiger partial charge in [0.05, 0.1) is 11.3 Å². The van der Waals surface area contributed by atoms with Crippen LogP contribution >= 0.6 is 11.8 Å². The van der Waals surface area contributed by atoms with E-state index < -0.39 is 17.2 Å². The number of primary amides is 1. The summed E-state index contributed by atoms with van der Waals surface area (Å²) in [5.41, 5.74) is 10.2. The number of nitrogens with two attached hydrogens (primary N) is 2. The molecule has 2 atom stereocenters. The van der Waals surface area contributed by atoms with Crippen LogP contribution in [0.2, 0.25) is 0 Å². The van der Waals surface area contributed by atoms with Gasteiger partial charge >= 0.3 is 0 Å². The molecule has 0 aliphatic carbocycles. The number of hydrogen-bond donors (Lipinski definition) is 2. The molecule has 0 rings (SSSR count). The molecule has 0 aliphatic rings. The Bertz CT molecular complexity index is 198. The Labute approximate surface area is 80.2 Å². The van der Waals surface area contributed by atoms with E-state index >= 15 is 0 Å². The van der Waals surface area contributed by atoms with Crippen molar-refractivity contribution in [2.24, 2.45) is 11.5 Å². The number of amides is 1. The Morgan fingerprint density at radius 2 is 2.08 bits per heavy atom. The summed E-state index contributed by atoms with van der Waals surface area (Å²) >= 11 is 1.16. The standard InChI is InChI=1S/C7H12N2O3S/c8-6(7(9)12)4-13-5(3-11)1-2-10/h2-3,5-6H,1,4,8H2,(H2,9,12)/t5?,6-/m1/s1. The maximum absolute atomic E-state index is 10.5. The Balaban J connectivity index is 3.77. The molecule has 0 spiro atoms. The van der Waals surface area contributed by atoms with Gasteiger partial charge in [0.1, 0.15) is 12.6 Å². The Morgan fingerprint density at radius 3 is 2.46 bits per heavy atom. The van der Waals surface area contributed by atoms with E-state index in [1.165, 1.54) is 0 Å². The van der Waals surface area contributed by atoms with Crippen molar-refractivity contribution in [2.45, 2.75) is 17.7 Å². The highest BCUT2D eigenvalue weighted by molar-refractivity contribution is 8.00. The first-order valence-electron chi connectivity index (χ1n) is 3.67. The fourth-order valence-corrected chi connectivity index (χ4v) is 1.48. The van der Waals surface area contributed by atoms with Crippen LogP contribution in [0.3, 0.4) is 0 Å². The predicted molar refractivity (Wildman–Crippen MR) is 50.2 cm³/mol. The van der Waals surface area contributed by atoms with Crippen LogP contribution in [0, 0.1) is 0 Å². The molecule has 0 heterocycles. The zero-order valence-corrected chi connectivity index (χ0v) is 7.83. The molecule has 0 saturated carbocycles. The number of rotatable bonds is 7. The SMILES string of the molecule is NC(=O)[C@H](N)CSC(C=O)CC=O. The van der Waals surface area contributed by atoms with Gasteiger partial charge < -0.3 is 21.1 Å². The number of carbonyl (C=O) groups excluding carboxylic acids is 3. The predicted octanol–water partition coefficient (Wildman–Crippen LogP) is -1.31. The molecular formula is C7H12N2O3S. The average molecular weight is 204 g/mol. The van der Waals surface area contributed by atoms with E-state index in [1.54, 1.807) is 0 Å². The minimum absolute atomic E-state index is 0.139. The van der Waals surface area contributed by atoms with Gasteiger partial charge in [-0.15, -0.1) is 11.8 Å². The van der Waals surface area contributed by atoms with E-state index in [4.69, 9.17) is 11.5 Å². The summed E-state index contributed by atoms with van der Waals surface area (Å²) in [6.07, 6.45) is 1.45. The first-order chi connectivity index (χ1) is 6.11. The van der Waals surface area contributed by atoms with Crippen molar-refractivity contribution in [2.75, 3.05) is 5.75 Å². The Morgan fingerprint density at radius 1 is 1.46 bits per heavy atom. The van der Waals surface area contributed by atoms with Crippen molar-refractivity contribution in [1.82, 2.24) is 0 Å². The third-order valence-corrected chi connectivity index (χ3v) is 2.62. The Kier molecular flexibility index (Phi) is 6.17. The summed E-state index contributed by atoms with van der Waals surface area (Å²) in [5, 5.41) is -0.428. The third-order valence-electron chi connectivity index (χ3n) is 1.34. The maximum atomic E-state index is 10.5. The highest BCUT2D eigenvalue weighted by Crippen LogP contribution is 2.11. The molecule has 6 heteroatoms. The van der Waals surface area contributed by atoms with Crippen molar-refractivity contribution in [3.8, 4) is 0 Å². The van der Waals surface area contributed by atoms with Gasteiger partial charge in [0.2, 0.25) is 5.91 Å². The monoisotopic (exact) mass is 204 g/mol. The summed E-state index contributed by atoms with van der Waals surface area (Å²) in [6.45, 7) is 0. The molecule has 0 bridgehead atoms. The van der Waals surface area contributed by atoms with Crippen LogP contribution in [0.15, 0.2) is 0 Å². The van der Waals surface area contributed by atoms with Crippen LogP contribution in [0.4, 0.5) is 0 Å². The van der Waals surface area contributed by atoms with Crippen molar-refractivity contribution in [1.29, 1.82) is 0 Å². The lowest BCUT2D eigenvalue weighted by Gasteiger charge is -2.09. The summed E-state index contributed by atoms with van der Waals surface area (Å²) < 4.78 is 0. The zero-order chi connectivity index (χ0) is 10.3. The molecule has 0 aromatic carbocycles. The molecule has 74 valence electrons. The van der Waals surface area contributed by atoms with Gasteiger partial charge in [0.25, 0.3) is 0 Å². The largest absolute Gasteiger partial charge is 0.368 e. The lowest BCUT2D eigenvalue weighted by atomic mass is 10.3. The van der Waals surface area contributed by atoms with Crippen LogP contribution in [0.1, 0.15) is 6.42 Å². The minimum atomic E-state index is -0.765. The van der Waals surface area contributed by atoms with Gasteiger partial charge in [-0.2, -0.15) is 0 Å². The highest BCUT2D eigenvalue weighted by Gasteiger charge is 2.13. The second-order valence-corrected chi connectivity index (χ2v) is 3.69. The van der Waals surface area contributed by atoms with Crippen LogP contribution in [0.5, 0.6) is 0 Å². The van der Waals surface area contributed by atoms with E-state index in [0.29, 0.717) is 12.6 Å². The van der Waals surface area contributed by atoms with Crippen molar-refractivity contribution in [3.63, 3.8) is 0 Å². The number of carbonyl (C=O) groups is 3. The van der Waals surface area contributed by atoms with E-state index in [0.717, 1.165) is 11.8 Å². The first kappa shape index (κ1) is 12.1. The molecule has 5 nitrogen and oxygen atoms in total. The lowest BCUT2D eigenvalue weighted by molar-refractivity contribution is -0.118. The second kappa shape index (κ2) is 6.62. The van der Waals surface area contributed by atoms with Gasteiger partial charge in [-0.1, -0.05) is 0 Å². The molecule has 0 fully saturated rings. The van der Waals surface area contributed by atoms with Gasteiger partial charge in [-0.05, 0) is 0 Å². The van der Waals surface area contributed by atoms with E-state index in [2.05, 4.69) is 0 Å². The van der Waals surface area contributed by atoms with Crippen LogP contribution in [-0.4, -0.2) is 35.5 Å². The third kappa shape index (κ3) is 5.37. The molecule has 0 saturated heterocycles. The lowest BCUT2D eigenvalue weighted by Crippen LogP contribution is -2.38.